The molecule has 1 nitrogen and oxygen atoms in total. The third kappa shape index (κ3) is 5.10. The van der Waals surface area contributed by atoms with E-state index in [0.29, 0.717) is 12.5 Å². The first-order valence-corrected chi connectivity index (χ1v) is 5.89. The highest BCUT2D eigenvalue weighted by atomic mass is 32.2. The summed E-state index contributed by atoms with van der Waals surface area (Å²) in [5.41, 5.74) is -4.06. The number of thioether (sulfide) groups is 1. The van der Waals surface area contributed by atoms with Crippen molar-refractivity contribution in [1.82, 2.24) is 5.32 Å². The van der Waals surface area contributed by atoms with Crippen LogP contribution in [0, 0.1) is 5.92 Å². The molecule has 14 heavy (non-hydrogen) atoms. The van der Waals surface area contributed by atoms with E-state index in [4.69, 9.17) is 0 Å². The molecule has 0 aromatic heterocycles. The zero-order chi connectivity index (χ0) is 10.6. The summed E-state index contributed by atoms with van der Waals surface area (Å²) in [6, 6.07) is 0.434. The summed E-state index contributed by atoms with van der Waals surface area (Å²) in [5.74, 6) is 0.907. The van der Waals surface area contributed by atoms with Crippen molar-refractivity contribution < 1.29 is 13.2 Å². The van der Waals surface area contributed by atoms with Crippen LogP contribution < -0.4 is 5.32 Å². The summed E-state index contributed by atoms with van der Waals surface area (Å²) in [6.45, 7) is 0. The Bertz CT molecular complexity index is 168. The van der Waals surface area contributed by atoms with Gasteiger partial charge in [0.1, 0.15) is 0 Å². The minimum Gasteiger partial charge on any atom is -0.317 e. The lowest BCUT2D eigenvalue weighted by atomic mass is 10.1. The second-order valence-electron chi connectivity index (χ2n) is 3.67. The molecule has 1 N–H and O–H groups in total. The molecule has 1 aliphatic carbocycles. The van der Waals surface area contributed by atoms with E-state index in [-0.39, 0.29) is 17.5 Å². The maximum atomic E-state index is 11.8. The van der Waals surface area contributed by atoms with Crippen LogP contribution in [0.2, 0.25) is 0 Å². The second-order valence-corrected chi connectivity index (χ2v) is 4.83. The van der Waals surface area contributed by atoms with Gasteiger partial charge in [0.15, 0.2) is 0 Å². The SMILES string of the molecule is CNC(CCCSC(F)(F)F)C1CC1. The van der Waals surface area contributed by atoms with Crippen LogP contribution in [-0.4, -0.2) is 24.4 Å². The van der Waals surface area contributed by atoms with Gasteiger partial charge in [-0.25, -0.2) is 0 Å². The first-order chi connectivity index (χ1) is 6.53. The number of hydrogen-bond acceptors (Lipinski definition) is 2. The Labute approximate surface area is 86.8 Å². The Morgan fingerprint density at radius 1 is 1.43 bits per heavy atom. The van der Waals surface area contributed by atoms with Crippen LogP contribution in [0.4, 0.5) is 13.2 Å². The fourth-order valence-corrected chi connectivity index (χ4v) is 2.15. The Hall–Kier alpha value is 0.100. The van der Waals surface area contributed by atoms with Gasteiger partial charge in [0.25, 0.3) is 0 Å². The van der Waals surface area contributed by atoms with Crippen LogP contribution in [0.3, 0.4) is 0 Å². The summed E-state index contributed by atoms with van der Waals surface area (Å²) >= 11 is 0.0904. The van der Waals surface area contributed by atoms with Gasteiger partial charge in [0, 0.05) is 11.8 Å². The van der Waals surface area contributed by atoms with Gasteiger partial charge in [0.2, 0.25) is 0 Å². The Morgan fingerprint density at radius 2 is 2.07 bits per heavy atom. The van der Waals surface area contributed by atoms with Crippen molar-refractivity contribution in [3.63, 3.8) is 0 Å². The lowest BCUT2D eigenvalue weighted by Gasteiger charge is -2.14. The molecule has 0 bridgehead atoms. The Kier molecular flexibility index (Phi) is 4.57. The molecule has 1 rings (SSSR count). The molecule has 0 amide bonds. The molecule has 1 atom stereocenters. The lowest BCUT2D eigenvalue weighted by Crippen LogP contribution is -2.27. The maximum Gasteiger partial charge on any atom is 0.441 e. The van der Waals surface area contributed by atoms with E-state index in [1.807, 2.05) is 7.05 Å². The number of alkyl halides is 3. The van der Waals surface area contributed by atoms with E-state index in [2.05, 4.69) is 5.32 Å². The minimum absolute atomic E-state index is 0.0904. The van der Waals surface area contributed by atoms with Crippen LogP contribution in [0.15, 0.2) is 0 Å². The third-order valence-electron chi connectivity index (χ3n) is 2.49. The van der Waals surface area contributed by atoms with E-state index < -0.39 is 5.51 Å². The molecule has 0 aliphatic heterocycles. The average molecular weight is 227 g/mol. The van der Waals surface area contributed by atoms with Crippen molar-refractivity contribution in [2.24, 2.45) is 5.92 Å². The molecular formula is C9H16F3NS. The number of rotatable bonds is 6. The maximum absolute atomic E-state index is 11.8. The minimum atomic E-state index is -4.06. The fourth-order valence-electron chi connectivity index (χ4n) is 1.61. The van der Waals surface area contributed by atoms with Crippen molar-refractivity contribution in [2.45, 2.75) is 37.2 Å². The molecule has 0 radical (unpaired) electrons. The quantitative estimate of drug-likeness (QED) is 0.700. The predicted octanol–water partition coefficient (Wildman–Crippen LogP) is 3.02. The third-order valence-corrected chi connectivity index (χ3v) is 3.31. The second kappa shape index (κ2) is 5.26. The number of halogens is 3. The normalized spacial score (nSPS) is 19.7. The van der Waals surface area contributed by atoms with Crippen molar-refractivity contribution >= 4 is 11.8 Å². The summed E-state index contributed by atoms with van der Waals surface area (Å²) in [7, 11) is 1.89. The van der Waals surface area contributed by atoms with Crippen LogP contribution in [0.1, 0.15) is 25.7 Å². The summed E-state index contributed by atoms with van der Waals surface area (Å²) in [4.78, 5) is 0. The van der Waals surface area contributed by atoms with E-state index in [1.165, 1.54) is 12.8 Å². The van der Waals surface area contributed by atoms with Crippen LogP contribution in [0.25, 0.3) is 0 Å². The van der Waals surface area contributed by atoms with Gasteiger partial charge in [-0.2, -0.15) is 13.2 Å². The first-order valence-electron chi connectivity index (χ1n) is 4.91. The van der Waals surface area contributed by atoms with Gasteiger partial charge in [-0.3, -0.25) is 0 Å². The molecule has 0 spiro atoms. The van der Waals surface area contributed by atoms with Gasteiger partial charge in [-0.15, -0.1) is 0 Å². The predicted molar refractivity (Wildman–Crippen MR) is 53.3 cm³/mol. The van der Waals surface area contributed by atoms with E-state index in [0.717, 1.165) is 12.3 Å². The van der Waals surface area contributed by atoms with Crippen molar-refractivity contribution in [3.8, 4) is 0 Å². The fraction of sp³-hybridized carbons (Fsp3) is 1.00. The Morgan fingerprint density at radius 3 is 2.50 bits per heavy atom. The summed E-state index contributed by atoms with van der Waals surface area (Å²) in [5, 5.41) is 3.17. The molecule has 0 saturated heterocycles. The lowest BCUT2D eigenvalue weighted by molar-refractivity contribution is -0.0328. The number of nitrogens with one attached hydrogen (secondary N) is 1. The zero-order valence-electron chi connectivity index (χ0n) is 8.23. The van der Waals surface area contributed by atoms with Gasteiger partial charge < -0.3 is 5.32 Å². The summed E-state index contributed by atoms with van der Waals surface area (Å²) < 4.78 is 35.3. The Balaban J connectivity index is 2.02. The monoisotopic (exact) mass is 227 g/mol. The molecule has 84 valence electrons. The molecule has 0 aromatic rings. The van der Waals surface area contributed by atoms with E-state index >= 15 is 0 Å². The highest BCUT2D eigenvalue weighted by Crippen LogP contribution is 2.35. The van der Waals surface area contributed by atoms with Crippen LogP contribution in [-0.2, 0) is 0 Å². The van der Waals surface area contributed by atoms with Crippen LogP contribution in [0.5, 0.6) is 0 Å². The van der Waals surface area contributed by atoms with E-state index in [1.54, 1.807) is 0 Å². The largest absolute Gasteiger partial charge is 0.441 e. The molecule has 0 heterocycles. The zero-order valence-corrected chi connectivity index (χ0v) is 9.05. The van der Waals surface area contributed by atoms with Gasteiger partial charge in [-0.05, 0) is 38.6 Å². The van der Waals surface area contributed by atoms with Crippen molar-refractivity contribution in [2.75, 3.05) is 12.8 Å². The molecule has 1 saturated carbocycles. The number of hydrogen-bond donors (Lipinski definition) is 1. The molecule has 1 fully saturated rings. The molecule has 5 heteroatoms. The first kappa shape index (κ1) is 12.2. The van der Waals surface area contributed by atoms with Crippen LogP contribution >= 0.6 is 11.8 Å². The molecular weight excluding hydrogens is 211 g/mol. The average Bonchev–Trinajstić information content (AvgIpc) is 2.86. The van der Waals surface area contributed by atoms with Crippen molar-refractivity contribution in [3.05, 3.63) is 0 Å². The standard InChI is InChI=1S/C9H16F3NS/c1-13-8(7-4-5-7)3-2-6-14-9(10,11)12/h7-8,13H,2-6H2,1H3. The smallest absolute Gasteiger partial charge is 0.317 e. The van der Waals surface area contributed by atoms with E-state index in [9.17, 15) is 13.2 Å². The van der Waals surface area contributed by atoms with Gasteiger partial charge in [-0.1, -0.05) is 11.8 Å². The molecule has 1 aliphatic rings. The highest BCUT2D eigenvalue weighted by Gasteiger charge is 2.30. The topological polar surface area (TPSA) is 12.0 Å². The highest BCUT2D eigenvalue weighted by molar-refractivity contribution is 8.00. The van der Waals surface area contributed by atoms with Crippen molar-refractivity contribution in [1.29, 1.82) is 0 Å². The van der Waals surface area contributed by atoms with Gasteiger partial charge >= 0.3 is 5.51 Å². The van der Waals surface area contributed by atoms with Gasteiger partial charge in [0.05, 0.1) is 0 Å². The summed E-state index contributed by atoms with van der Waals surface area (Å²) in [6.07, 6.45) is 3.98. The molecule has 0 aromatic carbocycles. The molecule has 1 unspecified atom stereocenters.